The highest BCUT2D eigenvalue weighted by molar-refractivity contribution is 5.41. The molecule has 0 radical (unpaired) electrons. The summed E-state index contributed by atoms with van der Waals surface area (Å²) < 4.78 is 5.51. The van der Waals surface area contributed by atoms with E-state index in [1.807, 2.05) is 13.1 Å². The van der Waals surface area contributed by atoms with Crippen LogP contribution in [0.1, 0.15) is 50.4 Å². The summed E-state index contributed by atoms with van der Waals surface area (Å²) in [6, 6.07) is 0.494. The summed E-state index contributed by atoms with van der Waals surface area (Å²) in [6.07, 6.45) is 5.31. The van der Waals surface area contributed by atoms with Crippen molar-refractivity contribution in [3.05, 3.63) is 23.0 Å². The van der Waals surface area contributed by atoms with Crippen LogP contribution >= 0.6 is 0 Å². The molecule has 3 nitrogen and oxygen atoms in total. The van der Waals surface area contributed by atoms with E-state index in [0.717, 1.165) is 30.0 Å². The van der Waals surface area contributed by atoms with E-state index < -0.39 is 0 Å². The highest BCUT2D eigenvalue weighted by Gasteiger charge is 2.20. The summed E-state index contributed by atoms with van der Waals surface area (Å²) in [5.74, 6) is 1.68. The van der Waals surface area contributed by atoms with Gasteiger partial charge in [0.2, 0.25) is 0 Å². The van der Waals surface area contributed by atoms with Crippen molar-refractivity contribution in [1.29, 1.82) is 0 Å². The molecule has 1 unspecified atom stereocenters. The zero-order chi connectivity index (χ0) is 15.1. The van der Waals surface area contributed by atoms with Crippen LogP contribution < -0.4 is 10.1 Å². The molecule has 0 bridgehead atoms. The third-order valence-electron chi connectivity index (χ3n) is 4.25. The lowest BCUT2D eigenvalue weighted by atomic mass is 9.89. The maximum absolute atomic E-state index is 5.51. The van der Waals surface area contributed by atoms with Crippen molar-refractivity contribution in [3.63, 3.8) is 0 Å². The highest BCUT2D eigenvalue weighted by Crippen LogP contribution is 2.26. The smallest absolute Gasteiger partial charge is 0.128 e. The lowest BCUT2D eigenvalue weighted by molar-refractivity contribution is 0.333. The molecule has 0 saturated carbocycles. The van der Waals surface area contributed by atoms with Crippen LogP contribution in [0.3, 0.4) is 0 Å². The molecule has 114 valence electrons. The number of rotatable bonds is 8. The summed E-state index contributed by atoms with van der Waals surface area (Å²) in [6.45, 7) is 11.9. The Labute approximate surface area is 124 Å². The SMILES string of the molecule is CCNC(Cc1ncc(C)c(OC)c1C)C(CC)CC. The van der Waals surface area contributed by atoms with E-state index in [0.29, 0.717) is 12.0 Å². The van der Waals surface area contributed by atoms with Crippen molar-refractivity contribution in [3.8, 4) is 5.75 Å². The molecular formula is C17H30N2O. The summed E-state index contributed by atoms with van der Waals surface area (Å²) in [7, 11) is 1.74. The zero-order valence-corrected chi connectivity index (χ0v) is 13.9. The van der Waals surface area contributed by atoms with E-state index in [9.17, 15) is 0 Å². The van der Waals surface area contributed by atoms with Crippen molar-refractivity contribution >= 4 is 0 Å². The minimum atomic E-state index is 0.494. The Morgan fingerprint density at radius 2 is 1.85 bits per heavy atom. The highest BCUT2D eigenvalue weighted by atomic mass is 16.5. The number of methoxy groups -OCH3 is 1. The molecule has 0 aliphatic heterocycles. The number of hydrogen-bond donors (Lipinski definition) is 1. The van der Waals surface area contributed by atoms with Gasteiger partial charge in [-0.05, 0) is 26.3 Å². The maximum atomic E-state index is 5.51. The van der Waals surface area contributed by atoms with Crippen LogP contribution in [-0.2, 0) is 6.42 Å². The Balaban J connectivity index is 2.99. The van der Waals surface area contributed by atoms with Crippen LogP contribution in [0.2, 0.25) is 0 Å². The standard InChI is InChI=1S/C17H30N2O/c1-7-14(8-2)16(18-9-3)10-15-13(5)17(20-6)12(4)11-19-15/h11,14,16,18H,7-10H2,1-6H3. The van der Waals surface area contributed by atoms with Gasteiger partial charge in [-0.2, -0.15) is 0 Å². The molecule has 1 aromatic heterocycles. The Kier molecular flexibility index (Phi) is 7.00. The quantitative estimate of drug-likeness (QED) is 0.788. The number of nitrogens with zero attached hydrogens (tertiary/aromatic N) is 1. The minimum Gasteiger partial charge on any atom is -0.496 e. The van der Waals surface area contributed by atoms with Gasteiger partial charge in [-0.3, -0.25) is 4.98 Å². The van der Waals surface area contributed by atoms with E-state index in [2.05, 4.69) is 38.0 Å². The van der Waals surface area contributed by atoms with Crippen LogP contribution in [-0.4, -0.2) is 24.7 Å². The van der Waals surface area contributed by atoms with Crippen molar-refractivity contribution in [2.24, 2.45) is 5.92 Å². The van der Waals surface area contributed by atoms with Crippen LogP contribution in [0.15, 0.2) is 6.20 Å². The minimum absolute atomic E-state index is 0.494. The van der Waals surface area contributed by atoms with Gasteiger partial charge in [0.15, 0.2) is 0 Å². The third-order valence-corrected chi connectivity index (χ3v) is 4.25. The number of nitrogens with one attached hydrogen (secondary N) is 1. The number of aryl methyl sites for hydroxylation is 1. The van der Waals surface area contributed by atoms with E-state index in [4.69, 9.17) is 4.74 Å². The second-order valence-electron chi connectivity index (χ2n) is 5.49. The second kappa shape index (κ2) is 8.25. The number of likely N-dealkylation sites (N-methyl/N-ethyl adjacent to an activating group) is 1. The molecule has 0 aliphatic rings. The van der Waals surface area contributed by atoms with Gasteiger partial charge >= 0.3 is 0 Å². The third kappa shape index (κ3) is 3.95. The second-order valence-corrected chi connectivity index (χ2v) is 5.49. The molecule has 0 aliphatic carbocycles. The predicted octanol–water partition coefficient (Wildman–Crippen LogP) is 3.66. The predicted molar refractivity (Wildman–Crippen MR) is 85.5 cm³/mol. The average Bonchev–Trinajstić information content (AvgIpc) is 2.44. The molecule has 0 amide bonds. The van der Waals surface area contributed by atoms with Gasteiger partial charge in [-0.15, -0.1) is 0 Å². The van der Waals surface area contributed by atoms with Gasteiger partial charge in [0, 0.05) is 35.5 Å². The molecule has 1 N–H and O–H groups in total. The van der Waals surface area contributed by atoms with Gasteiger partial charge in [0.1, 0.15) is 5.75 Å². The van der Waals surface area contributed by atoms with Gasteiger partial charge in [0.25, 0.3) is 0 Å². The fourth-order valence-electron chi connectivity index (χ4n) is 3.01. The lowest BCUT2D eigenvalue weighted by Gasteiger charge is -2.26. The Morgan fingerprint density at radius 1 is 1.20 bits per heavy atom. The van der Waals surface area contributed by atoms with Gasteiger partial charge in [-0.1, -0.05) is 33.6 Å². The molecular weight excluding hydrogens is 248 g/mol. The van der Waals surface area contributed by atoms with Crippen LogP contribution in [0, 0.1) is 19.8 Å². The van der Waals surface area contributed by atoms with Crippen molar-refractivity contribution in [1.82, 2.24) is 10.3 Å². The lowest BCUT2D eigenvalue weighted by Crippen LogP contribution is -2.38. The fraction of sp³-hybridized carbons (Fsp3) is 0.706. The van der Waals surface area contributed by atoms with Crippen molar-refractivity contribution < 1.29 is 4.74 Å². The first kappa shape index (κ1) is 17.0. The fourth-order valence-corrected chi connectivity index (χ4v) is 3.01. The maximum Gasteiger partial charge on any atom is 0.128 e. The number of hydrogen-bond acceptors (Lipinski definition) is 3. The van der Waals surface area contributed by atoms with Crippen LogP contribution in [0.25, 0.3) is 0 Å². The van der Waals surface area contributed by atoms with E-state index in [1.54, 1.807) is 7.11 Å². The first-order valence-electron chi connectivity index (χ1n) is 7.81. The monoisotopic (exact) mass is 278 g/mol. The zero-order valence-electron chi connectivity index (χ0n) is 13.9. The summed E-state index contributed by atoms with van der Waals surface area (Å²) in [4.78, 5) is 4.64. The van der Waals surface area contributed by atoms with Gasteiger partial charge in [-0.25, -0.2) is 0 Å². The normalized spacial score (nSPS) is 12.8. The van der Waals surface area contributed by atoms with Crippen LogP contribution in [0.4, 0.5) is 0 Å². The first-order chi connectivity index (χ1) is 9.58. The molecule has 1 heterocycles. The van der Waals surface area contributed by atoms with E-state index in [1.165, 1.54) is 18.4 Å². The van der Waals surface area contributed by atoms with E-state index in [-0.39, 0.29) is 0 Å². The molecule has 1 aromatic rings. The molecule has 3 heteroatoms. The van der Waals surface area contributed by atoms with Gasteiger partial charge in [0.05, 0.1) is 7.11 Å². The Bertz CT molecular complexity index is 414. The molecule has 0 aromatic carbocycles. The Morgan fingerprint density at radius 3 is 2.35 bits per heavy atom. The average molecular weight is 278 g/mol. The number of pyridine rings is 1. The van der Waals surface area contributed by atoms with Crippen LogP contribution in [0.5, 0.6) is 5.75 Å². The number of aromatic nitrogens is 1. The molecule has 1 rings (SSSR count). The molecule has 0 spiro atoms. The summed E-state index contributed by atoms with van der Waals surface area (Å²) >= 11 is 0. The largest absolute Gasteiger partial charge is 0.496 e. The molecule has 0 fully saturated rings. The first-order valence-corrected chi connectivity index (χ1v) is 7.81. The van der Waals surface area contributed by atoms with Crippen molar-refractivity contribution in [2.75, 3.05) is 13.7 Å². The van der Waals surface area contributed by atoms with Gasteiger partial charge < -0.3 is 10.1 Å². The summed E-state index contributed by atoms with van der Waals surface area (Å²) in [5.41, 5.74) is 3.45. The van der Waals surface area contributed by atoms with Crippen molar-refractivity contribution in [2.45, 2.75) is 59.9 Å². The summed E-state index contributed by atoms with van der Waals surface area (Å²) in [5, 5.41) is 3.63. The molecule has 1 atom stereocenters. The van der Waals surface area contributed by atoms with E-state index >= 15 is 0 Å². The topological polar surface area (TPSA) is 34.2 Å². The molecule has 0 saturated heterocycles. The molecule has 20 heavy (non-hydrogen) atoms. The Hall–Kier alpha value is -1.09. The number of ether oxygens (including phenoxy) is 1.